The Morgan fingerprint density at radius 2 is 1.93 bits per heavy atom. The summed E-state index contributed by atoms with van der Waals surface area (Å²) >= 11 is 1.24. The molecule has 3 aromatic rings. The molecule has 0 saturated heterocycles. The largest absolute Gasteiger partial charge is 0.377 e. The Morgan fingerprint density at radius 1 is 1.17 bits per heavy atom. The van der Waals surface area contributed by atoms with E-state index in [0.29, 0.717) is 22.3 Å². The molecule has 1 atom stereocenters. The lowest BCUT2D eigenvalue weighted by Gasteiger charge is -2.37. The molecule has 29 heavy (non-hydrogen) atoms. The minimum Gasteiger partial charge on any atom is -0.377 e. The molecule has 0 fully saturated rings. The number of rotatable bonds is 6. The van der Waals surface area contributed by atoms with Crippen molar-refractivity contribution in [2.75, 3.05) is 24.3 Å². The monoisotopic (exact) mass is 409 g/mol. The van der Waals surface area contributed by atoms with Crippen LogP contribution in [0.5, 0.6) is 0 Å². The highest BCUT2D eigenvalue weighted by Gasteiger charge is 2.34. The first kappa shape index (κ1) is 19.0. The van der Waals surface area contributed by atoms with Crippen LogP contribution in [0.15, 0.2) is 54.6 Å². The summed E-state index contributed by atoms with van der Waals surface area (Å²) in [5.74, 6) is -0.554. The maximum Gasteiger partial charge on any atom is 0.258 e. The number of hydrogen-bond donors (Lipinski definition) is 2. The summed E-state index contributed by atoms with van der Waals surface area (Å²) in [7, 11) is 1.57. The van der Waals surface area contributed by atoms with Gasteiger partial charge in [-0.15, -0.1) is 10.2 Å². The number of ether oxygens (including phenoxy) is 1. The van der Waals surface area contributed by atoms with Gasteiger partial charge < -0.3 is 15.0 Å². The van der Waals surface area contributed by atoms with Gasteiger partial charge in [0.1, 0.15) is 24.3 Å². The quantitative estimate of drug-likeness (QED) is 0.650. The van der Waals surface area contributed by atoms with Gasteiger partial charge in [0.15, 0.2) is 0 Å². The van der Waals surface area contributed by atoms with Crippen molar-refractivity contribution in [3.05, 3.63) is 70.7 Å². The van der Waals surface area contributed by atoms with Gasteiger partial charge in [0.25, 0.3) is 5.91 Å². The smallest absolute Gasteiger partial charge is 0.258 e. The third kappa shape index (κ3) is 4.10. The zero-order valence-corrected chi connectivity index (χ0v) is 16.5. The van der Waals surface area contributed by atoms with Crippen LogP contribution < -0.4 is 10.6 Å². The third-order valence-electron chi connectivity index (χ3n) is 4.43. The number of nitrogens with one attached hydrogen (secondary N) is 2. The van der Waals surface area contributed by atoms with E-state index in [2.05, 4.69) is 20.8 Å². The van der Waals surface area contributed by atoms with E-state index in [4.69, 9.17) is 4.74 Å². The number of fused-ring (bicyclic) bond motifs is 1. The van der Waals surface area contributed by atoms with Gasteiger partial charge in [0.05, 0.1) is 5.56 Å². The number of amides is 2. The lowest BCUT2D eigenvalue weighted by molar-refractivity contribution is -0.117. The molecule has 0 spiro atoms. The Morgan fingerprint density at radius 3 is 2.72 bits per heavy atom. The van der Waals surface area contributed by atoms with Crippen molar-refractivity contribution in [1.82, 2.24) is 15.1 Å². The number of aromatic nitrogens is 2. The number of para-hydroxylation sites is 1. The topological polar surface area (TPSA) is 96.5 Å². The lowest BCUT2D eigenvalue weighted by Crippen LogP contribution is -2.46. The summed E-state index contributed by atoms with van der Waals surface area (Å²) in [6.07, 6.45) is -0.456. The summed E-state index contributed by atoms with van der Waals surface area (Å²) in [6, 6.07) is 16.8. The van der Waals surface area contributed by atoms with Gasteiger partial charge in [-0.05, 0) is 17.7 Å². The Bertz CT molecular complexity index is 1020. The van der Waals surface area contributed by atoms with E-state index in [1.54, 1.807) is 19.2 Å². The molecule has 0 radical (unpaired) electrons. The molecular formula is C20H19N5O3S. The Kier molecular flexibility index (Phi) is 5.50. The van der Waals surface area contributed by atoms with Crippen molar-refractivity contribution < 1.29 is 14.3 Å². The molecule has 0 bridgehead atoms. The molecule has 9 heteroatoms. The summed E-state index contributed by atoms with van der Waals surface area (Å²) in [5, 5.41) is 15.0. The standard InChI is InChI=1S/C20H19N5O3S/c1-28-12-17-23-24-20(29-17)22-16(26)11-25-18(13-7-3-2-4-8-13)21-15-10-6-5-9-14(15)19(25)27/h2-10,18,21H,11-12H2,1H3,(H,22,24,26). The number of nitrogens with zero attached hydrogens (tertiary/aromatic N) is 3. The molecule has 1 aromatic heterocycles. The third-order valence-corrected chi connectivity index (χ3v) is 5.24. The van der Waals surface area contributed by atoms with E-state index in [-0.39, 0.29) is 18.4 Å². The Labute approximate surface area is 171 Å². The van der Waals surface area contributed by atoms with E-state index in [1.165, 1.54) is 16.2 Å². The number of benzene rings is 2. The van der Waals surface area contributed by atoms with Gasteiger partial charge in [-0.25, -0.2) is 0 Å². The average Bonchev–Trinajstić information content (AvgIpc) is 3.17. The predicted octanol–water partition coefficient (Wildman–Crippen LogP) is 2.89. The molecule has 148 valence electrons. The van der Waals surface area contributed by atoms with Gasteiger partial charge in [-0.3, -0.25) is 14.9 Å². The summed E-state index contributed by atoms with van der Waals surface area (Å²) < 4.78 is 5.01. The van der Waals surface area contributed by atoms with Crippen LogP contribution in [-0.4, -0.2) is 40.6 Å². The molecule has 2 heterocycles. The maximum absolute atomic E-state index is 13.1. The second-order valence-corrected chi connectivity index (χ2v) is 7.48. The number of anilines is 2. The minimum absolute atomic E-state index is 0.126. The highest BCUT2D eigenvalue weighted by Crippen LogP contribution is 2.32. The SMILES string of the molecule is COCc1nnc(NC(=O)CN2C(=O)c3ccccc3NC2c2ccccc2)s1. The number of carbonyl (C=O) groups is 2. The fourth-order valence-electron chi connectivity index (χ4n) is 3.15. The molecule has 1 aliphatic rings. The first-order valence-corrected chi connectivity index (χ1v) is 9.80. The highest BCUT2D eigenvalue weighted by molar-refractivity contribution is 7.15. The van der Waals surface area contributed by atoms with Crippen LogP contribution in [-0.2, 0) is 16.1 Å². The molecule has 0 aliphatic carbocycles. The zero-order valence-electron chi connectivity index (χ0n) is 15.7. The van der Waals surface area contributed by atoms with Gasteiger partial charge in [-0.2, -0.15) is 0 Å². The molecule has 2 N–H and O–H groups in total. The molecule has 0 saturated carbocycles. The Hall–Kier alpha value is -3.30. The van der Waals surface area contributed by atoms with Crippen molar-refractivity contribution in [3.63, 3.8) is 0 Å². The van der Waals surface area contributed by atoms with Crippen LogP contribution in [0, 0.1) is 0 Å². The van der Waals surface area contributed by atoms with Crippen LogP contribution in [0.25, 0.3) is 0 Å². The molecule has 2 aromatic carbocycles. The maximum atomic E-state index is 13.1. The van der Waals surface area contributed by atoms with Gasteiger partial charge >= 0.3 is 0 Å². The second kappa shape index (κ2) is 8.38. The van der Waals surface area contributed by atoms with Gasteiger partial charge in [0.2, 0.25) is 11.0 Å². The lowest BCUT2D eigenvalue weighted by atomic mass is 10.0. The normalized spacial score (nSPS) is 15.6. The minimum atomic E-state index is -0.456. The van der Waals surface area contributed by atoms with E-state index < -0.39 is 6.17 Å². The second-order valence-electron chi connectivity index (χ2n) is 6.42. The van der Waals surface area contributed by atoms with Crippen molar-refractivity contribution in [2.45, 2.75) is 12.8 Å². The van der Waals surface area contributed by atoms with E-state index in [1.807, 2.05) is 42.5 Å². The van der Waals surface area contributed by atoms with E-state index >= 15 is 0 Å². The summed E-state index contributed by atoms with van der Waals surface area (Å²) in [5.41, 5.74) is 2.17. The number of hydrogen-bond acceptors (Lipinski definition) is 7. The molecule has 4 rings (SSSR count). The van der Waals surface area contributed by atoms with Crippen molar-refractivity contribution >= 4 is 34.0 Å². The van der Waals surface area contributed by atoms with Crippen molar-refractivity contribution in [2.24, 2.45) is 0 Å². The Balaban J connectivity index is 1.57. The summed E-state index contributed by atoms with van der Waals surface area (Å²) in [4.78, 5) is 27.3. The zero-order chi connectivity index (χ0) is 20.2. The van der Waals surface area contributed by atoms with E-state index in [0.717, 1.165) is 11.3 Å². The molecule has 2 amide bonds. The van der Waals surface area contributed by atoms with Crippen molar-refractivity contribution in [3.8, 4) is 0 Å². The fraction of sp³-hybridized carbons (Fsp3) is 0.200. The van der Waals surface area contributed by atoms with Crippen LogP contribution in [0.3, 0.4) is 0 Å². The highest BCUT2D eigenvalue weighted by atomic mass is 32.1. The number of carbonyl (C=O) groups excluding carboxylic acids is 2. The number of methoxy groups -OCH3 is 1. The molecular weight excluding hydrogens is 390 g/mol. The van der Waals surface area contributed by atoms with E-state index in [9.17, 15) is 9.59 Å². The van der Waals surface area contributed by atoms with Crippen LogP contribution in [0.4, 0.5) is 10.8 Å². The first-order chi connectivity index (χ1) is 14.2. The molecule has 1 unspecified atom stereocenters. The van der Waals surface area contributed by atoms with Crippen LogP contribution in [0.2, 0.25) is 0 Å². The predicted molar refractivity (Wildman–Crippen MR) is 110 cm³/mol. The van der Waals surface area contributed by atoms with Gasteiger partial charge in [0, 0.05) is 12.8 Å². The molecule has 1 aliphatic heterocycles. The fourth-order valence-corrected chi connectivity index (χ4v) is 3.88. The molecule has 8 nitrogen and oxygen atoms in total. The first-order valence-electron chi connectivity index (χ1n) is 8.98. The average molecular weight is 409 g/mol. The summed E-state index contributed by atoms with van der Waals surface area (Å²) in [6.45, 7) is 0.202. The van der Waals surface area contributed by atoms with Crippen LogP contribution in [0.1, 0.15) is 27.1 Å². The van der Waals surface area contributed by atoms with Crippen molar-refractivity contribution in [1.29, 1.82) is 0 Å². The van der Waals surface area contributed by atoms with Gasteiger partial charge in [-0.1, -0.05) is 53.8 Å². The van der Waals surface area contributed by atoms with Crippen LogP contribution >= 0.6 is 11.3 Å².